The maximum atomic E-state index is 2.74. The number of hydrogen-bond donors (Lipinski definition) is 0. The Bertz CT molecular complexity index is 3230. The van der Waals surface area contributed by atoms with Crippen molar-refractivity contribution in [1.29, 1.82) is 0 Å². The van der Waals surface area contributed by atoms with Gasteiger partial charge in [0.25, 0.3) is 0 Å². The van der Waals surface area contributed by atoms with Crippen molar-refractivity contribution in [2.75, 3.05) is 4.90 Å². The molecular weight excluding hydrogens is 691 g/mol. The van der Waals surface area contributed by atoms with E-state index in [-0.39, 0.29) is 12.3 Å². The van der Waals surface area contributed by atoms with E-state index in [1.54, 1.807) is 0 Å². The fraction of sp³-hybridized carbons (Fsp3) is 0.102. The molecule has 0 amide bonds. The molecule has 3 aromatic heterocycles. The summed E-state index contributed by atoms with van der Waals surface area (Å²) >= 11 is 3.86. The third kappa shape index (κ3) is 4.01. The molecule has 2 aliphatic rings. The third-order valence-electron chi connectivity index (χ3n) is 12.0. The summed E-state index contributed by atoms with van der Waals surface area (Å²) in [6.07, 6.45) is 0. The van der Waals surface area contributed by atoms with Crippen molar-refractivity contribution < 1.29 is 0 Å². The Kier molecular flexibility index (Phi) is 6.13. The van der Waals surface area contributed by atoms with Crippen molar-refractivity contribution in [3.05, 3.63) is 151 Å². The molecule has 0 aliphatic carbocycles. The topological polar surface area (TPSA) is 8.17 Å². The normalized spacial score (nSPS) is 13.5. The zero-order valence-electron chi connectivity index (χ0n) is 30.6. The van der Waals surface area contributed by atoms with Gasteiger partial charge in [0.2, 0.25) is 0 Å². The molecule has 0 atom stereocenters. The molecule has 0 N–H and O–H groups in total. The number of rotatable bonds is 2. The van der Waals surface area contributed by atoms with Gasteiger partial charge in [0.05, 0.1) is 10.5 Å². The average molecular weight is 727 g/mol. The fourth-order valence-corrected chi connectivity index (χ4v) is 12.0. The first-order chi connectivity index (χ1) is 26.3. The Labute approximate surface area is 322 Å². The minimum atomic E-state index is 0.000502. The van der Waals surface area contributed by atoms with E-state index in [4.69, 9.17) is 0 Å². The van der Waals surface area contributed by atoms with Crippen LogP contribution in [-0.4, -0.2) is 11.3 Å². The highest BCUT2D eigenvalue weighted by Crippen LogP contribution is 2.51. The van der Waals surface area contributed by atoms with Crippen molar-refractivity contribution in [3.8, 4) is 22.3 Å². The first kappa shape index (κ1) is 30.8. The highest BCUT2D eigenvalue weighted by Gasteiger charge is 2.45. The Balaban J connectivity index is 1.28. The molecule has 10 aromatic rings. The molecule has 0 fully saturated rings. The molecule has 5 heteroatoms. The van der Waals surface area contributed by atoms with E-state index in [1.807, 2.05) is 22.7 Å². The molecular formula is C49H35BN2S2. The lowest BCUT2D eigenvalue weighted by molar-refractivity contribution is 0.590. The van der Waals surface area contributed by atoms with Crippen molar-refractivity contribution in [2.45, 2.75) is 33.1 Å². The molecule has 0 spiro atoms. The summed E-state index contributed by atoms with van der Waals surface area (Å²) in [7, 11) is 0. The average Bonchev–Trinajstić information content (AvgIpc) is 3.86. The standard InChI is InChI=1S/C49H35BN2S2/c1-28-25-36-31-17-12-18-34-43-32-15-8-11-20-41(32)54-48(43)52(47(31)34)50-45(36)39(26-28)51(38-23-24-42-44(46(38)50)33-16-9-10-19-40(33)53-42)37-22-21-30(49(2,3)4)27-35(37)29-13-6-5-7-14-29/h5-27H,1-4H3. The van der Waals surface area contributed by atoms with Gasteiger partial charge in [-0.3, -0.25) is 0 Å². The van der Waals surface area contributed by atoms with E-state index in [1.165, 1.54) is 113 Å². The van der Waals surface area contributed by atoms with Gasteiger partial charge in [0.1, 0.15) is 0 Å². The van der Waals surface area contributed by atoms with Gasteiger partial charge in [-0.15, -0.1) is 22.7 Å². The molecule has 256 valence electrons. The molecule has 0 unspecified atom stereocenters. The Morgan fingerprint density at radius 2 is 1.22 bits per heavy atom. The minimum absolute atomic E-state index is 0.000502. The zero-order chi connectivity index (χ0) is 36.0. The fourth-order valence-electron chi connectivity index (χ4n) is 9.65. The second kappa shape index (κ2) is 10.8. The first-order valence-corrected chi connectivity index (χ1v) is 20.5. The van der Waals surface area contributed by atoms with Crippen LogP contribution < -0.4 is 15.8 Å². The molecule has 5 heterocycles. The second-order valence-electron chi connectivity index (χ2n) is 16.2. The predicted octanol–water partition coefficient (Wildman–Crippen LogP) is 13.1. The van der Waals surface area contributed by atoms with Crippen molar-refractivity contribution >= 4 is 109 Å². The molecule has 2 aliphatic heterocycles. The molecule has 0 saturated heterocycles. The van der Waals surface area contributed by atoms with Gasteiger partial charge < -0.3 is 9.38 Å². The lowest BCUT2D eigenvalue weighted by atomic mass is 9.44. The van der Waals surface area contributed by atoms with E-state index in [0.29, 0.717) is 0 Å². The van der Waals surface area contributed by atoms with Crippen LogP contribution in [0.3, 0.4) is 0 Å². The molecule has 2 nitrogen and oxygen atoms in total. The summed E-state index contributed by atoms with van der Waals surface area (Å²) in [6, 6.07) is 52.9. The van der Waals surface area contributed by atoms with Crippen LogP contribution in [0.1, 0.15) is 31.9 Å². The summed E-state index contributed by atoms with van der Waals surface area (Å²) in [4.78, 5) is 3.98. The number of aryl methyl sites for hydroxylation is 1. The molecule has 12 rings (SSSR count). The van der Waals surface area contributed by atoms with E-state index in [0.717, 1.165) is 0 Å². The van der Waals surface area contributed by atoms with E-state index < -0.39 is 0 Å². The third-order valence-corrected chi connectivity index (χ3v) is 14.3. The Hall–Kier alpha value is -5.62. The van der Waals surface area contributed by atoms with Crippen LogP contribution in [-0.2, 0) is 5.41 Å². The van der Waals surface area contributed by atoms with Crippen LogP contribution in [0.15, 0.2) is 140 Å². The maximum Gasteiger partial charge on any atom is 0.334 e. The van der Waals surface area contributed by atoms with Crippen molar-refractivity contribution in [2.24, 2.45) is 0 Å². The van der Waals surface area contributed by atoms with Crippen LogP contribution >= 0.6 is 22.7 Å². The van der Waals surface area contributed by atoms with Gasteiger partial charge in [0, 0.05) is 58.3 Å². The quantitative estimate of drug-likeness (QED) is 0.161. The van der Waals surface area contributed by atoms with E-state index in [9.17, 15) is 0 Å². The van der Waals surface area contributed by atoms with Crippen LogP contribution in [0.2, 0.25) is 0 Å². The Morgan fingerprint density at radius 3 is 2.02 bits per heavy atom. The summed E-state index contributed by atoms with van der Waals surface area (Å²) in [6.45, 7) is 9.22. The van der Waals surface area contributed by atoms with Gasteiger partial charge in [-0.25, -0.2) is 0 Å². The molecule has 7 aromatic carbocycles. The van der Waals surface area contributed by atoms with Crippen LogP contribution in [0.25, 0.3) is 73.6 Å². The molecule has 0 radical (unpaired) electrons. The number of fused-ring (bicyclic) bond motifs is 13. The number of anilines is 3. The number of thiophene rings is 2. The van der Waals surface area contributed by atoms with Gasteiger partial charge >= 0.3 is 6.85 Å². The predicted molar refractivity (Wildman–Crippen MR) is 237 cm³/mol. The lowest BCUT2D eigenvalue weighted by Crippen LogP contribution is -2.57. The largest absolute Gasteiger partial charge is 0.367 e. The molecule has 54 heavy (non-hydrogen) atoms. The number of para-hydroxylation sites is 1. The molecule has 0 bridgehead atoms. The number of nitrogens with zero attached hydrogens (tertiary/aromatic N) is 2. The number of aromatic nitrogens is 1. The highest BCUT2D eigenvalue weighted by atomic mass is 32.1. The van der Waals surface area contributed by atoms with Gasteiger partial charge in [-0.2, -0.15) is 0 Å². The van der Waals surface area contributed by atoms with Crippen LogP contribution in [0, 0.1) is 6.92 Å². The first-order valence-electron chi connectivity index (χ1n) is 18.9. The number of hydrogen-bond acceptors (Lipinski definition) is 3. The second-order valence-corrected chi connectivity index (χ2v) is 18.3. The summed E-state index contributed by atoms with van der Waals surface area (Å²) in [5, 5.41) is 6.80. The van der Waals surface area contributed by atoms with Gasteiger partial charge in [0.15, 0.2) is 0 Å². The monoisotopic (exact) mass is 726 g/mol. The van der Waals surface area contributed by atoms with E-state index in [2.05, 4.69) is 177 Å². The van der Waals surface area contributed by atoms with Gasteiger partial charge in [-0.1, -0.05) is 118 Å². The van der Waals surface area contributed by atoms with Crippen molar-refractivity contribution in [1.82, 2.24) is 4.48 Å². The van der Waals surface area contributed by atoms with Crippen LogP contribution in [0.5, 0.6) is 0 Å². The SMILES string of the molecule is Cc1cc2c3c(c1)N(c1ccc(C(C)(C)C)cc1-c1ccccc1)c1ccc4sc5ccccc5c4c1B3n1c3sc4ccccc4c3c3cccc-2c31. The number of benzene rings is 7. The highest BCUT2D eigenvalue weighted by molar-refractivity contribution is 7.27. The smallest absolute Gasteiger partial charge is 0.334 e. The van der Waals surface area contributed by atoms with Gasteiger partial charge in [-0.05, 0) is 98.8 Å². The zero-order valence-corrected chi connectivity index (χ0v) is 32.2. The lowest BCUT2D eigenvalue weighted by Gasteiger charge is -2.41. The van der Waals surface area contributed by atoms with Crippen LogP contribution in [0.4, 0.5) is 17.1 Å². The molecule has 0 saturated carbocycles. The Morgan fingerprint density at radius 1 is 0.519 bits per heavy atom. The minimum Gasteiger partial charge on any atom is -0.367 e. The summed E-state index contributed by atoms with van der Waals surface area (Å²) in [5.41, 5.74) is 15.7. The van der Waals surface area contributed by atoms with Crippen molar-refractivity contribution in [3.63, 3.8) is 0 Å². The van der Waals surface area contributed by atoms with E-state index >= 15 is 0 Å². The summed E-state index contributed by atoms with van der Waals surface area (Å²) < 4.78 is 6.77. The maximum absolute atomic E-state index is 2.74. The summed E-state index contributed by atoms with van der Waals surface area (Å²) in [5.74, 6) is 0.